The fraction of sp³-hybridized carbons (Fsp3) is 0.444. The van der Waals surface area contributed by atoms with Crippen molar-refractivity contribution < 1.29 is 9.53 Å². The van der Waals surface area contributed by atoms with Gasteiger partial charge in [-0.1, -0.05) is 24.3 Å². The molecule has 1 fully saturated rings. The van der Waals surface area contributed by atoms with Crippen LogP contribution < -0.4 is 10.6 Å². The first kappa shape index (κ1) is 16.5. The number of morpholine rings is 1. The highest BCUT2D eigenvalue weighted by molar-refractivity contribution is 7.13. The Bertz CT molecular complexity index is 717. The molecule has 1 aromatic heterocycles. The molecule has 0 radical (unpaired) electrons. The van der Waals surface area contributed by atoms with Crippen LogP contribution in [-0.2, 0) is 24.1 Å². The average molecular weight is 358 g/mol. The molecule has 0 saturated carbocycles. The highest BCUT2D eigenvalue weighted by Crippen LogP contribution is 2.22. The van der Waals surface area contributed by atoms with Crippen LogP contribution in [0.15, 0.2) is 29.6 Å². The second-order valence-corrected chi connectivity index (χ2v) is 7.36. The Morgan fingerprint density at radius 2 is 1.96 bits per heavy atom. The topological polar surface area (TPSA) is 66.5 Å². The monoisotopic (exact) mass is 358 g/mol. The molecule has 1 aromatic carbocycles. The van der Waals surface area contributed by atoms with Gasteiger partial charge < -0.3 is 10.1 Å². The summed E-state index contributed by atoms with van der Waals surface area (Å²) in [7, 11) is 0. The van der Waals surface area contributed by atoms with Crippen LogP contribution >= 0.6 is 11.3 Å². The molecule has 0 unspecified atom stereocenters. The van der Waals surface area contributed by atoms with Gasteiger partial charge in [-0.15, -0.1) is 11.3 Å². The average Bonchev–Trinajstić information content (AvgIpc) is 3.21. The molecule has 0 spiro atoms. The second kappa shape index (κ2) is 7.51. The molecule has 2 heterocycles. The van der Waals surface area contributed by atoms with Crippen molar-refractivity contribution in [2.45, 2.75) is 25.4 Å². The lowest BCUT2D eigenvalue weighted by Crippen LogP contribution is -2.38. The first-order valence-electron chi connectivity index (χ1n) is 8.65. The Kier molecular flexibility index (Phi) is 4.96. The molecule has 0 bridgehead atoms. The summed E-state index contributed by atoms with van der Waals surface area (Å²) < 4.78 is 5.36. The van der Waals surface area contributed by atoms with Gasteiger partial charge in [-0.05, 0) is 24.0 Å². The Balaban J connectivity index is 1.27. The Morgan fingerprint density at radius 1 is 1.24 bits per heavy atom. The van der Waals surface area contributed by atoms with Crippen molar-refractivity contribution in [1.29, 1.82) is 0 Å². The number of anilines is 1. The van der Waals surface area contributed by atoms with E-state index in [0.717, 1.165) is 51.4 Å². The van der Waals surface area contributed by atoms with Gasteiger partial charge in [0.2, 0.25) is 0 Å². The molecule has 1 aliphatic heterocycles. The minimum Gasteiger partial charge on any atom is -0.379 e. The van der Waals surface area contributed by atoms with Crippen LogP contribution in [0.25, 0.3) is 0 Å². The lowest BCUT2D eigenvalue weighted by molar-refractivity contribution is 0.0337. The minimum absolute atomic E-state index is 0.158. The number of benzene rings is 1. The van der Waals surface area contributed by atoms with Crippen LogP contribution in [0, 0.1) is 0 Å². The van der Waals surface area contributed by atoms with Crippen LogP contribution in [0.1, 0.15) is 16.8 Å². The number of hydrogen-bond donors (Lipinski definition) is 2. The molecule has 7 heteroatoms. The zero-order valence-electron chi connectivity index (χ0n) is 14.0. The number of ether oxygens (including phenoxy) is 1. The predicted octanol–water partition coefficient (Wildman–Crippen LogP) is 2.26. The van der Waals surface area contributed by atoms with Gasteiger partial charge in [0.1, 0.15) is 0 Å². The van der Waals surface area contributed by atoms with E-state index in [2.05, 4.69) is 32.7 Å². The number of carbonyl (C=O) groups excluding carboxylic acids is 1. The number of aromatic nitrogens is 1. The second-order valence-electron chi connectivity index (χ2n) is 6.50. The molecule has 6 nitrogen and oxygen atoms in total. The van der Waals surface area contributed by atoms with Crippen LogP contribution in [0.4, 0.5) is 9.93 Å². The molecular formula is C18H22N4O2S. The molecular weight excluding hydrogens is 336 g/mol. The quantitative estimate of drug-likeness (QED) is 0.880. The maximum Gasteiger partial charge on any atom is 0.321 e. The van der Waals surface area contributed by atoms with E-state index >= 15 is 0 Å². The van der Waals surface area contributed by atoms with E-state index in [4.69, 9.17) is 4.74 Å². The number of urea groups is 1. The number of fused-ring (bicyclic) bond motifs is 1. The van der Waals surface area contributed by atoms with E-state index in [1.54, 1.807) is 0 Å². The molecule has 132 valence electrons. The van der Waals surface area contributed by atoms with Crippen molar-refractivity contribution >= 4 is 22.5 Å². The van der Waals surface area contributed by atoms with Crippen LogP contribution in [0.5, 0.6) is 0 Å². The fourth-order valence-corrected chi connectivity index (χ4v) is 4.10. The van der Waals surface area contributed by atoms with Crippen molar-refractivity contribution in [2.75, 3.05) is 31.6 Å². The SMILES string of the molecule is O=C(Nc1nc(CN2CCOCC2)cs1)NC1Cc2ccccc2C1. The van der Waals surface area contributed by atoms with Gasteiger partial charge in [0.25, 0.3) is 0 Å². The predicted molar refractivity (Wildman–Crippen MR) is 98.0 cm³/mol. The van der Waals surface area contributed by atoms with Crippen LogP contribution in [0.3, 0.4) is 0 Å². The smallest absolute Gasteiger partial charge is 0.321 e. The third-order valence-corrected chi connectivity index (χ3v) is 5.45. The summed E-state index contributed by atoms with van der Waals surface area (Å²) in [5.41, 5.74) is 3.65. The van der Waals surface area contributed by atoms with Gasteiger partial charge in [-0.3, -0.25) is 10.2 Å². The van der Waals surface area contributed by atoms with Gasteiger partial charge in [-0.25, -0.2) is 9.78 Å². The molecule has 2 amide bonds. The number of amides is 2. The van der Waals surface area contributed by atoms with E-state index in [9.17, 15) is 4.79 Å². The molecule has 2 aliphatic rings. The van der Waals surface area contributed by atoms with E-state index in [-0.39, 0.29) is 12.1 Å². The summed E-state index contributed by atoms with van der Waals surface area (Å²) in [5.74, 6) is 0. The third-order valence-electron chi connectivity index (χ3n) is 4.65. The zero-order chi connectivity index (χ0) is 17.1. The molecule has 4 rings (SSSR count). The van der Waals surface area contributed by atoms with Crippen molar-refractivity contribution in [3.63, 3.8) is 0 Å². The molecule has 2 aromatic rings. The summed E-state index contributed by atoms with van der Waals surface area (Å²) in [6.45, 7) is 4.23. The number of carbonyl (C=O) groups is 1. The summed E-state index contributed by atoms with van der Waals surface area (Å²) >= 11 is 1.47. The normalized spacial score (nSPS) is 18.1. The number of nitrogens with zero attached hydrogens (tertiary/aromatic N) is 2. The Hall–Kier alpha value is -1.96. The van der Waals surface area contributed by atoms with Crippen molar-refractivity contribution in [2.24, 2.45) is 0 Å². The highest BCUT2D eigenvalue weighted by atomic mass is 32.1. The standard InChI is InChI=1S/C18H22N4O2S/c23-17(19-15-9-13-3-1-2-4-14(13)10-15)21-18-20-16(12-25-18)11-22-5-7-24-8-6-22/h1-4,12,15H,5-11H2,(H2,19,20,21,23). The van der Waals surface area contributed by atoms with E-state index in [0.29, 0.717) is 5.13 Å². The first-order chi connectivity index (χ1) is 12.3. The number of nitrogens with one attached hydrogen (secondary N) is 2. The van der Waals surface area contributed by atoms with Gasteiger partial charge in [0, 0.05) is 31.1 Å². The summed E-state index contributed by atoms with van der Waals surface area (Å²) in [5, 5.41) is 8.58. The maximum atomic E-state index is 12.2. The number of thiazole rings is 1. The van der Waals surface area contributed by atoms with Crippen molar-refractivity contribution in [3.8, 4) is 0 Å². The van der Waals surface area contributed by atoms with Crippen LogP contribution in [-0.4, -0.2) is 48.3 Å². The summed E-state index contributed by atoms with van der Waals surface area (Å²) in [6, 6.07) is 8.34. The van der Waals surface area contributed by atoms with Gasteiger partial charge in [0.05, 0.1) is 18.9 Å². The van der Waals surface area contributed by atoms with Gasteiger partial charge in [-0.2, -0.15) is 0 Å². The van der Waals surface area contributed by atoms with Crippen molar-refractivity contribution in [3.05, 3.63) is 46.5 Å². The number of hydrogen-bond acceptors (Lipinski definition) is 5. The molecule has 25 heavy (non-hydrogen) atoms. The molecule has 1 aliphatic carbocycles. The first-order valence-corrected chi connectivity index (χ1v) is 9.53. The van der Waals surface area contributed by atoms with Crippen LogP contribution in [0.2, 0.25) is 0 Å². The van der Waals surface area contributed by atoms with Gasteiger partial charge in [0.15, 0.2) is 5.13 Å². The fourth-order valence-electron chi connectivity index (χ4n) is 3.40. The molecule has 1 saturated heterocycles. The zero-order valence-corrected chi connectivity index (χ0v) is 14.8. The minimum atomic E-state index is -0.176. The van der Waals surface area contributed by atoms with Gasteiger partial charge >= 0.3 is 6.03 Å². The van der Waals surface area contributed by atoms with E-state index in [1.807, 2.05) is 17.5 Å². The third kappa shape index (κ3) is 4.18. The molecule has 2 N–H and O–H groups in total. The largest absolute Gasteiger partial charge is 0.379 e. The van der Waals surface area contributed by atoms with E-state index < -0.39 is 0 Å². The number of rotatable bonds is 4. The summed E-state index contributed by atoms with van der Waals surface area (Å²) in [6.07, 6.45) is 1.79. The Labute approximate surface area is 151 Å². The lowest BCUT2D eigenvalue weighted by atomic mass is 10.1. The van der Waals surface area contributed by atoms with Crippen molar-refractivity contribution in [1.82, 2.24) is 15.2 Å². The molecule has 0 atom stereocenters. The van der Waals surface area contributed by atoms with E-state index in [1.165, 1.54) is 22.5 Å². The highest BCUT2D eigenvalue weighted by Gasteiger charge is 2.22. The summed E-state index contributed by atoms with van der Waals surface area (Å²) in [4.78, 5) is 19.1. The Morgan fingerprint density at radius 3 is 2.68 bits per heavy atom. The maximum absolute atomic E-state index is 12.2. The lowest BCUT2D eigenvalue weighted by Gasteiger charge is -2.25.